The molecule has 0 heterocycles. The van der Waals surface area contributed by atoms with E-state index in [-0.39, 0.29) is 0 Å². The molecule has 1 aliphatic rings. The summed E-state index contributed by atoms with van der Waals surface area (Å²) in [4.78, 5) is 11.3. The van der Waals surface area contributed by atoms with Gasteiger partial charge in [-0.1, -0.05) is 26.0 Å². The second-order valence-electron chi connectivity index (χ2n) is 5.74. The molecule has 1 atom stereocenters. The normalized spacial score (nSPS) is 19.2. The summed E-state index contributed by atoms with van der Waals surface area (Å²) in [5.74, 6) is 2.40. The average Bonchev–Trinajstić information content (AvgIpc) is 2.34. The molecule has 2 rings (SSSR count). The largest absolute Gasteiger partial charge is 0.508 e. The standard InChI is InChI=1S/C16H22O2/c1-11(2)16(12-3-7-14(17)8-4-12)13-5-9-15(18)10-6-13/h3-4,7-8,11,13,16-17H,5-6,9-10H2,1-2H3. The van der Waals surface area contributed by atoms with E-state index in [1.165, 1.54) is 5.56 Å². The molecular weight excluding hydrogens is 224 g/mol. The monoisotopic (exact) mass is 246 g/mol. The highest BCUT2D eigenvalue weighted by Gasteiger charge is 2.29. The van der Waals surface area contributed by atoms with E-state index >= 15 is 0 Å². The molecule has 1 unspecified atom stereocenters. The number of hydrogen-bond acceptors (Lipinski definition) is 2. The van der Waals surface area contributed by atoms with E-state index in [2.05, 4.69) is 13.8 Å². The summed E-state index contributed by atoms with van der Waals surface area (Å²) in [6.07, 6.45) is 3.52. The molecule has 2 nitrogen and oxygen atoms in total. The van der Waals surface area contributed by atoms with Gasteiger partial charge in [-0.3, -0.25) is 4.79 Å². The minimum atomic E-state index is 0.320. The Kier molecular flexibility index (Phi) is 4.05. The number of phenols is 1. The van der Waals surface area contributed by atoms with Gasteiger partial charge in [0.25, 0.3) is 0 Å². The van der Waals surface area contributed by atoms with Gasteiger partial charge >= 0.3 is 0 Å². The number of aromatic hydroxyl groups is 1. The van der Waals surface area contributed by atoms with Gasteiger partial charge in [-0.15, -0.1) is 0 Å². The van der Waals surface area contributed by atoms with Crippen molar-refractivity contribution in [3.05, 3.63) is 29.8 Å². The first-order valence-corrected chi connectivity index (χ1v) is 6.88. The third-order valence-corrected chi connectivity index (χ3v) is 4.09. The smallest absolute Gasteiger partial charge is 0.132 e. The van der Waals surface area contributed by atoms with Crippen LogP contribution >= 0.6 is 0 Å². The molecule has 0 amide bonds. The van der Waals surface area contributed by atoms with Crippen molar-refractivity contribution in [1.82, 2.24) is 0 Å². The fourth-order valence-corrected chi connectivity index (χ4v) is 3.22. The predicted molar refractivity (Wildman–Crippen MR) is 72.7 cm³/mol. The summed E-state index contributed by atoms with van der Waals surface area (Å²) < 4.78 is 0. The molecule has 0 saturated heterocycles. The molecule has 1 aromatic rings. The fourth-order valence-electron chi connectivity index (χ4n) is 3.22. The minimum Gasteiger partial charge on any atom is -0.508 e. The second kappa shape index (κ2) is 5.55. The summed E-state index contributed by atoms with van der Waals surface area (Å²) in [6.45, 7) is 4.49. The van der Waals surface area contributed by atoms with Crippen LogP contribution < -0.4 is 0 Å². The number of ketones is 1. The second-order valence-corrected chi connectivity index (χ2v) is 5.74. The molecule has 2 heteroatoms. The Hall–Kier alpha value is -1.31. The van der Waals surface area contributed by atoms with Gasteiger partial charge in [-0.05, 0) is 48.3 Å². The number of carbonyl (C=O) groups is 1. The minimum absolute atomic E-state index is 0.320. The Bertz CT molecular complexity index is 396. The van der Waals surface area contributed by atoms with Crippen LogP contribution in [0, 0.1) is 11.8 Å². The van der Waals surface area contributed by atoms with Gasteiger partial charge in [0.1, 0.15) is 11.5 Å². The van der Waals surface area contributed by atoms with E-state index in [0.717, 1.165) is 25.7 Å². The van der Waals surface area contributed by atoms with Crippen LogP contribution in [0.2, 0.25) is 0 Å². The number of Topliss-reactive ketones (excluding diaryl/α,β-unsaturated/α-hetero) is 1. The first kappa shape index (κ1) is 13.1. The van der Waals surface area contributed by atoms with Crippen molar-refractivity contribution in [2.45, 2.75) is 45.4 Å². The lowest BCUT2D eigenvalue weighted by molar-refractivity contribution is -0.121. The Morgan fingerprint density at radius 1 is 1.11 bits per heavy atom. The molecular formula is C16H22O2. The van der Waals surface area contributed by atoms with Crippen LogP contribution in [0.5, 0.6) is 5.75 Å². The number of carbonyl (C=O) groups excluding carboxylic acids is 1. The van der Waals surface area contributed by atoms with Gasteiger partial charge in [0, 0.05) is 12.8 Å². The van der Waals surface area contributed by atoms with Crippen molar-refractivity contribution < 1.29 is 9.90 Å². The average molecular weight is 246 g/mol. The molecule has 1 fully saturated rings. The van der Waals surface area contributed by atoms with E-state index in [1.807, 2.05) is 12.1 Å². The first-order chi connectivity index (χ1) is 8.58. The molecule has 0 spiro atoms. The van der Waals surface area contributed by atoms with Crippen molar-refractivity contribution in [3.63, 3.8) is 0 Å². The SMILES string of the molecule is CC(C)C(c1ccc(O)cc1)C1CCC(=O)CC1. The molecule has 0 radical (unpaired) electrons. The topological polar surface area (TPSA) is 37.3 Å². The van der Waals surface area contributed by atoms with Crippen molar-refractivity contribution in [2.75, 3.05) is 0 Å². The van der Waals surface area contributed by atoms with E-state index in [9.17, 15) is 9.90 Å². The van der Waals surface area contributed by atoms with Crippen molar-refractivity contribution in [2.24, 2.45) is 11.8 Å². The molecule has 18 heavy (non-hydrogen) atoms. The molecule has 1 aromatic carbocycles. The van der Waals surface area contributed by atoms with Crippen molar-refractivity contribution >= 4 is 5.78 Å². The molecule has 0 bridgehead atoms. The lowest BCUT2D eigenvalue weighted by atomic mass is 9.72. The Labute approximate surface area is 109 Å². The number of phenolic OH excluding ortho intramolecular Hbond substituents is 1. The lowest BCUT2D eigenvalue weighted by Gasteiger charge is -2.33. The zero-order chi connectivity index (χ0) is 13.1. The maximum absolute atomic E-state index is 11.3. The van der Waals surface area contributed by atoms with Crippen molar-refractivity contribution in [1.29, 1.82) is 0 Å². The third-order valence-electron chi connectivity index (χ3n) is 4.09. The molecule has 0 aromatic heterocycles. The van der Waals surface area contributed by atoms with Crippen LogP contribution in [0.3, 0.4) is 0 Å². The molecule has 1 aliphatic carbocycles. The van der Waals surface area contributed by atoms with Gasteiger partial charge in [0.05, 0.1) is 0 Å². The summed E-state index contributed by atoms with van der Waals surface area (Å²) >= 11 is 0. The highest BCUT2D eigenvalue weighted by Crippen LogP contribution is 2.40. The number of rotatable bonds is 3. The van der Waals surface area contributed by atoms with Crippen LogP contribution in [0.1, 0.15) is 51.0 Å². The van der Waals surface area contributed by atoms with Crippen LogP contribution in [0.25, 0.3) is 0 Å². The van der Waals surface area contributed by atoms with Crippen LogP contribution in [-0.4, -0.2) is 10.9 Å². The molecule has 1 saturated carbocycles. The van der Waals surface area contributed by atoms with Gasteiger partial charge in [-0.25, -0.2) is 0 Å². The van der Waals surface area contributed by atoms with Gasteiger partial charge in [-0.2, -0.15) is 0 Å². The van der Waals surface area contributed by atoms with Gasteiger partial charge < -0.3 is 5.11 Å². The Morgan fingerprint density at radius 3 is 2.17 bits per heavy atom. The highest BCUT2D eigenvalue weighted by molar-refractivity contribution is 5.79. The summed E-state index contributed by atoms with van der Waals surface area (Å²) in [5.41, 5.74) is 1.29. The van der Waals surface area contributed by atoms with E-state index in [0.29, 0.717) is 29.3 Å². The maximum atomic E-state index is 11.3. The van der Waals surface area contributed by atoms with Crippen LogP contribution in [0.15, 0.2) is 24.3 Å². The quantitative estimate of drug-likeness (QED) is 0.878. The zero-order valence-corrected chi connectivity index (χ0v) is 11.2. The van der Waals surface area contributed by atoms with Crippen molar-refractivity contribution in [3.8, 4) is 5.75 Å². The summed E-state index contributed by atoms with van der Waals surface area (Å²) in [5, 5.41) is 9.38. The maximum Gasteiger partial charge on any atom is 0.132 e. The van der Waals surface area contributed by atoms with E-state index < -0.39 is 0 Å². The molecule has 98 valence electrons. The molecule has 1 N–H and O–H groups in total. The van der Waals surface area contributed by atoms with E-state index in [1.54, 1.807) is 12.1 Å². The first-order valence-electron chi connectivity index (χ1n) is 6.88. The van der Waals surface area contributed by atoms with Crippen LogP contribution in [-0.2, 0) is 4.79 Å². The third kappa shape index (κ3) is 2.92. The molecule has 0 aliphatic heterocycles. The van der Waals surface area contributed by atoms with Gasteiger partial charge in [0.2, 0.25) is 0 Å². The number of hydrogen-bond donors (Lipinski definition) is 1. The predicted octanol–water partition coefficient (Wildman–Crippen LogP) is 3.89. The summed E-state index contributed by atoms with van der Waals surface area (Å²) in [6, 6.07) is 7.57. The highest BCUT2D eigenvalue weighted by atomic mass is 16.3. The Morgan fingerprint density at radius 2 is 1.67 bits per heavy atom. The van der Waals surface area contributed by atoms with Gasteiger partial charge in [0.15, 0.2) is 0 Å². The fraction of sp³-hybridized carbons (Fsp3) is 0.562. The zero-order valence-electron chi connectivity index (χ0n) is 11.2. The summed E-state index contributed by atoms with van der Waals surface area (Å²) in [7, 11) is 0. The Balaban J connectivity index is 2.17. The number of benzene rings is 1. The van der Waals surface area contributed by atoms with E-state index in [4.69, 9.17) is 0 Å². The van der Waals surface area contributed by atoms with Crippen LogP contribution in [0.4, 0.5) is 0 Å². The lowest BCUT2D eigenvalue weighted by Crippen LogP contribution is -2.23.